The summed E-state index contributed by atoms with van der Waals surface area (Å²) in [7, 11) is -3.71. The summed E-state index contributed by atoms with van der Waals surface area (Å²) in [6, 6.07) is 9.17. The number of ether oxygens (including phenoxy) is 1. The number of nitrogens with zero attached hydrogens (tertiary/aromatic N) is 1. The Balaban J connectivity index is 2.25. The molecule has 6 nitrogen and oxygen atoms in total. The molecule has 0 heterocycles. The highest BCUT2D eigenvalue weighted by molar-refractivity contribution is 7.52. The minimum atomic E-state index is -3.71. The van der Waals surface area contributed by atoms with Gasteiger partial charge in [-0.2, -0.15) is 0 Å². The first-order chi connectivity index (χ1) is 8.64. The normalized spacial score (nSPS) is 14.7. The number of benzene rings is 1. The number of hydrogen-bond donors (Lipinski definition) is 2. The lowest BCUT2D eigenvalue weighted by Crippen LogP contribution is -2.04. The van der Waals surface area contributed by atoms with E-state index in [1.165, 1.54) is 0 Å². The molecule has 0 fully saturated rings. The molecular weight excluding hydrogens is 255 g/mol. The summed E-state index contributed by atoms with van der Waals surface area (Å²) in [4.78, 5) is 13.2. The van der Waals surface area contributed by atoms with Crippen molar-refractivity contribution in [1.82, 2.24) is 0 Å². The summed E-state index contributed by atoms with van der Waals surface area (Å²) < 4.78 is 21.5. The number of aliphatic imine (C=N–C) groups is 1. The van der Waals surface area contributed by atoms with Gasteiger partial charge in [-0.1, -0.05) is 30.3 Å². The maximum atomic E-state index is 11.6. The highest BCUT2D eigenvalue weighted by atomic mass is 31.2. The number of nitrogens with two attached hydrogens (primary N) is 1. The van der Waals surface area contributed by atoms with Crippen molar-refractivity contribution in [3.05, 3.63) is 35.9 Å². The molecule has 1 aromatic carbocycles. The monoisotopic (exact) mass is 272 g/mol. The predicted molar refractivity (Wildman–Crippen MR) is 69.4 cm³/mol. The Bertz CT molecular complexity index is 411. The van der Waals surface area contributed by atoms with Crippen LogP contribution in [0.2, 0.25) is 0 Å². The minimum Gasteiger partial charge on any atom is -0.390 e. The molecule has 0 radical (unpaired) electrons. The molecular formula is C11H17N2O4P. The Morgan fingerprint density at radius 1 is 1.39 bits per heavy atom. The molecule has 100 valence electrons. The van der Waals surface area contributed by atoms with Gasteiger partial charge in [0.1, 0.15) is 6.35 Å². The first kappa shape index (κ1) is 14.9. The average Bonchev–Trinajstić information content (AvgIpc) is 2.38. The molecule has 1 rings (SSSR count). The molecule has 0 aliphatic carbocycles. The maximum Gasteiger partial charge on any atom is 0.353 e. The SMILES string of the molecule is NC=NCCOCP(=O)(O)OCc1ccccc1. The summed E-state index contributed by atoms with van der Waals surface area (Å²) >= 11 is 0. The van der Waals surface area contributed by atoms with Gasteiger partial charge in [-0.15, -0.1) is 0 Å². The molecule has 0 saturated carbocycles. The van der Waals surface area contributed by atoms with E-state index in [9.17, 15) is 9.46 Å². The Morgan fingerprint density at radius 2 is 2.11 bits per heavy atom. The smallest absolute Gasteiger partial charge is 0.353 e. The molecule has 0 aliphatic heterocycles. The lowest BCUT2D eigenvalue weighted by Gasteiger charge is -2.12. The lowest BCUT2D eigenvalue weighted by atomic mass is 10.2. The highest BCUT2D eigenvalue weighted by Crippen LogP contribution is 2.42. The molecule has 0 aromatic heterocycles. The van der Waals surface area contributed by atoms with Crippen LogP contribution in [0.25, 0.3) is 0 Å². The van der Waals surface area contributed by atoms with Gasteiger partial charge in [0.15, 0.2) is 0 Å². The standard InChI is InChI=1S/C11H17N2O4P/c12-9-13-6-7-16-10-18(14,15)17-8-11-4-2-1-3-5-11/h1-5,9H,6-8,10H2,(H2,12,13)(H,14,15). The second-order valence-corrected chi connectivity index (χ2v) is 5.28. The fraction of sp³-hybridized carbons (Fsp3) is 0.364. The molecule has 7 heteroatoms. The predicted octanol–water partition coefficient (Wildman–Crippen LogP) is 1.35. The summed E-state index contributed by atoms with van der Waals surface area (Å²) in [5.41, 5.74) is 5.87. The zero-order valence-electron chi connectivity index (χ0n) is 9.94. The van der Waals surface area contributed by atoms with Crippen LogP contribution in [0.1, 0.15) is 5.56 Å². The van der Waals surface area contributed by atoms with E-state index in [1.807, 2.05) is 30.3 Å². The van der Waals surface area contributed by atoms with Crippen LogP contribution in [-0.2, 0) is 20.4 Å². The fourth-order valence-electron chi connectivity index (χ4n) is 1.16. The third-order valence-electron chi connectivity index (χ3n) is 2.00. The van der Waals surface area contributed by atoms with Crippen LogP contribution in [0.4, 0.5) is 0 Å². The molecule has 0 spiro atoms. The van der Waals surface area contributed by atoms with Crippen molar-refractivity contribution < 1.29 is 18.7 Å². The summed E-state index contributed by atoms with van der Waals surface area (Å²) in [5, 5.41) is 0. The van der Waals surface area contributed by atoms with Gasteiger partial charge >= 0.3 is 7.60 Å². The summed E-state index contributed by atoms with van der Waals surface area (Å²) in [6.45, 7) is 0.668. The number of hydrogen-bond acceptors (Lipinski definition) is 4. The Labute approximate surface area is 106 Å². The van der Waals surface area contributed by atoms with Gasteiger partial charge in [0, 0.05) is 0 Å². The first-order valence-corrected chi connectivity index (χ1v) is 7.18. The van der Waals surface area contributed by atoms with Gasteiger partial charge in [-0.05, 0) is 5.56 Å². The van der Waals surface area contributed by atoms with Crippen molar-refractivity contribution in [3.8, 4) is 0 Å². The highest BCUT2D eigenvalue weighted by Gasteiger charge is 2.19. The van der Waals surface area contributed by atoms with E-state index < -0.39 is 7.60 Å². The molecule has 3 N–H and O–H groups in total. The molecule has 0 amide bonds. The topological polar surface area (TPSA) is 94.1 Å². The maximum absolute atomic E-state index is 11.6. The van der Waals surface area contributed by atoms with Crippen molar-refractivity contribution in [2.45, 2.75) is 6.61 Å². The van der Waals surface area contributed by atoms with E-state index in [4.69, 9.17) is 15.0 Å². The third kappa shape index (κ3) is 6.51. The second-order valence-electron chi connectivity index (χ2n) is 3.49. The van der Waals surface area contributed by atoms with Crippen LogP contribution in [0.3, 0.4) is 0 Å². The first-order valence-electron chi connectivity index (χ1n) is 5.42. The Hall–Kier alpha value is -1.20. The molecule has 0 aliphatic rings. The van der Waals surface area contributed by atoms with E-state index >= 15 is 0 Å². The summed E-state index contributed by atoms with van der Waals surface area (Å²) in [6.07, 6.45) is 0.813. The average molecular weight is 272 g/mol. The second kappa shape index (κ2) is 8.00. The molecule has 1 atom stereocenters. The van der Waals surface area contributed by atoms with Crippen molar-refractivity contribution in [2.24, 2.45) is 10.7 Å². The molecule has 1 unspecified atom stereocenters. The van der Waals surface area contributed by atoms with Gasteiger partial charge in [-0.25, -0.2) is 0 Å². The zero-order valence-corrected chi connectivity index (χ0v) is 10.8. The summed E-state index contributed by atoms with van der Waals surface area (Å²) in [5.74, 6) is 0. The number of rotatable bonds is 8. The Morgan fingerprint density at radius 3 is 2.78 bits per heavy atom. The van der Waals surface area contributed by atoms with Crippen molar-refractivity contribution in [3.63, 3.8) is 0 Å². The van der Waals surface area contributed by atoms with Crippen LogP contribution in [-0.4, -0.2) is 30.7 Å². The Kier molecular flexibility index (Phi) is 6.60. The van der Waals surface area contributed by atoms with Gasteiger partial charge < -0.3 is 19.9 Å². The van der Waals surface area contributed by atoms with Crippen molar-refractivity contribution >= 4 is 13.9 Å². The van der Waals surface area contributed by atoms with E-state index in [1.54, 1.807) is 0 Å². The fourth-order valence-corrected chi connectivity index (χ4v) is 1.94. The van der Waals surface area contributed by atoms with E-state index in [2.05, 4.69) is 4.99 Å². The van der Waals surface area contributed by atoms with Gasteiger partial charge in [0.05, 0.1) is 26.1 Å². The zero-order chi connectivity index (χ0) is 13.3. The minimum absolute atomic E-state index is 0.0823. The van der Waals surface area contributed by atoms with Gasteiger partial charge in [0.2, 0.25) is 0 Å². The van der Waals surface area contributed by atoms with Crippen LogP contribution >= 0.6 is 7.60 Å². The molecule has 18 heavy (non-hydrogen) atoms. The van der Waals surface area contributed by atoms with Crippen LogP contribution < -0.4 is 5.73 Å². The van der Waals surface area contributed by atoms with Crippen LogP contribution in [0.15, 0.2) is 35.3 Å². The van der Waals surface area contributed by atoms with Crippen molar-refractivity contribution in [2.75, 3.05) is 19.5 Å². The van der Waals surface area contributed by atoms with E-state index in [0.29, 0.717) is 6.54 Å². The van der Waals surface area contributed by atoms with E-state index in [0.717, 1.165) is 11.9 Å². The quantitative estimate of drug-likeness (QED) is 0.322. The van der Waals surface area contributed by atoms with Gasteiger partial charge in [-0.3, -0.25) is 9.56 Å². The molecule has 0 bridgehead atoms. The van der Waals surface area contributed by atoms with Gasteiger partial charge in [0.25, 0.3) is 0 Å². The van der Waals surface area contributed by atoms with Crippen molar-refractivity contribution in [1.29, 1.82) is 0 Å². The molecule has 1 aromatic rings. The van der Waals surface area contributed by atoms with Crippen LogP contribution in [0, 0.1) is 0 Å². The lowest BCUT2D eigenvalue weighted by molar-refractivity contribution is 0.148. The van der Waals surface area contributed by atoms with E-state index in [-0.39, 0.29) is 19.6 Å². The van der Waals surface area contributed by atoms with Crippen LogP contribution in [0.5, 0.6) is 0 Å². The largest absolute Gasteiger partial charge is 0.390 e. The molecule has 0 saturated heterocycles. The third-order valence-corrected chi connectivity index (χ3v) is 3.04.